The number of aliphatic imine (C=N–C) groups is 1. The Labute approximate surface area is 188 Å². The molecule has 5 rings (SSSR count). The van der Waals surface area contributed by atoms with Crippen molar-refractivity contribution in [3.63, 3.8) is 0 Å². The third kappa shape index (κ3) is 3.83. The normalized spacial score (nSPS) is 13.0. The van der Waals surface area contributed by atoms with Crippen LogP contribution in [-0.4, -0.2) is 27.3 Å². The van der Waals surface area contributed by atoms with Gasteiger partial charge in [-0.1, -0.05) is 30.3 Å². The number of nitrogens with one attached hydrogen (secondary N) is 2. The second-order valence-electron chi connectivity index (χ2n) is 7.38. The molecule has 0 fully saturated rings. The first kappa shape index (κ1) is 19.9. The lowest BCUT2D eigenvalue weighted by Gasteiger charge is -2.08. The third-order valence-corrected chi connectivity index (χ3v) is 5.96. The predicted octanol–water partition coefficient (Wildman–Crippen LogP) is 4.96. The number of hydrogen-bond acceptors (Lipinski definition) is 5. The van der Waals surface area contributed by atoms with Gasteiger partial charge in [-0.05, 0) is 36.8 Å². The van der Waals surface area contributed by atoms with Gasteiger partial charge in [0.25, 0.3) is 5.91 Å². The van der Waals surface area contributed by atoms with Crippen LogP contribution < -0.4 is 10.6 Å². The van der Waals surface area contributed by atoms with E-state index in [9.17, 15) is 9.59 Å². The van der Waals surface area contributed by atoms with E-state index in [0.717, 1.165) is 28.3 Å². The van der Waals surface area contributed by atoms with Crippen molar-refractivity contribution in [2.45, 2.75) is 13.3 Å². The number of fused-ring (bicyclic) bond motifs is 1. The topological polar surface area (TPSA) is 88.4 Å². The minimum Gasteiger partial charge on any atom is -0.323 e. The monoisotopic (exact) mass is 441 g/mol. The van der Waals surface area contributed by atoms with Crippen molar-refractivity contribution in [2.75, 3.05) is 10.6 Å². The smallest absolute Gasteiger partial charge is 0.259 e. The zero-order valence-corrected chi connectivity index (χ0v) is 18.0. The van der Waals surface area contributed by atoms with Gasteiger partial charge in [0.15, 0.2) is 0 Å². The molecule has 0 bridgehead atoms. The number of nitrogens with zero attached hydrogens (tertiary/aromatic N) is 3. The number of carbonyl (C=O) groups excluding carboxylic acids is 2. The molecular formula is C24H19N5O2S. The first-order valence-corrected chi connectivity index (χ1v) is 11.0. The molecule has 8 heteroatoms. The van der Waals surface area contributed by atoms with Gasteiger partial charge in [-0.3, -0.25) is 9.59 Å². The summed E-state index contributed by atoms with van der Waals surface area (Å²) in [5, 5.41) is 13.9. The van der Waals surface area contributed by atoms with E-state index in [1.807, 2.05) is 72.3 Å². The number of carbonyl (C=O) groups is 2. The van der Waals surface area contributed by atoms with Gasteiger partial charge < -0.3 is 10.6 Å². The predicted molar refractivity (Wildman–Crippen MR) is 126 cm³/mol. The molecule has 3 heterocycles. The van der Waals surface area contributed by atoms with E-state index >= 15 is 0 Å². The van der Waals surface area contributed by atoms with E-state index in [-0.39, 0.29) is 18.2 Å². The minimum absolute atomic E-state index is 0.0933. The fourth-order valence-electron chi connectivity index (χ4n) is 3.57. The van der Waals surface area contributed by atoms with E-state index in [2.05, 4.69) is 20.7 Å². The first-order chi connectivity index (χ1) is 15.6. The maximum absolute atomic E-state index is 12.8. The number of aromatic nitrogens is 2. The number of amides is 2. The molecule has 0 radical (unpaired) electrons. The Morgan fingerprint density at radius 1 is 1.09 bits per heavy atom. The molecule has 2 aromatic heterocycles. The van der Waals surface area contributed by atoms with Crippen LogP contribution in [0.4, 0.5) is 17.1 Å². The number of para-hydroxylation sites is 1. The van der Waals surface area contributed by atoms with E-state index in [0.29, 0.717) is 17.0 Å². The number of benzene rings is 2. The summed E-state index contributed by atoms with van der Waals surface area (Å²) in [6.45, 7) is 1.87. The van der Waals surface area contributed by atoms with Crippen molar-refractivity contribution in [2.24, 2.45) is 4.99 Å². The zero-order chi connectivity index (χ0) is 22.1. The number of rotatable bonds is 4. The highest BCUT2D eigenvalue weighted by Crippen LogP contribution is 2.32. The van der Waals surface area contributed by atoms with Crippen LogP contribution in [0.25, 0.3) is 5.69 Å². The summed E-state index contributed by atoms with van der Waals surface area (Å²) in [7, 11) is 0. The molecule has 7 nitrogen and oxygen atoms in total. The lowest BCUT2D eigenvalue weighted by Crippen LogP contribution is -2.15. The Bertz CT molecular complexity index is 1340. The summed E-state index contributed by atoms with van der Waals surface area (Å²) in [4.78, 5) is 29.6. The molecule has 1 aliphatic heterocycles. The summed E-state index contributed by atoms with van der Waals surface area (Å²) >= 11 is 1.50. The van der Waals surface area contributed by atoms with Crippen molar-refractivity contribution < 1.29 is 9.59 Å². The number of anilines is 2. The van der Waals surface area contributed by atoms with Crippen LogP contribution in [0.5, 0.6) is 0 Å². The SMILES string of the molecule is Cc1c(C(=O)Nc2ccc(C3=Nc4cscc4NC(=O)C3)cc2)cnn1-c1ccccc1. The maximum Gasteiger partial charge on any atom is 0.259 e. The fourth-order valence-corrected chi connectivity index (χ4v) is 4.27. The largest absolute Gasteiger partial charge is 0.323 e. The van der Waals surface area contributed by atoms with Crippen LogP contribution in [0, 0.1) is 6.92 Å². The van der Waals surface area contributed by atoms with E-state index in [1.165, 1.54) is 11.3 Å². The summed E-state index contributed by atoms with van der Waals surface area (Å²) < 4.78 is 1.74. The van der Waals surface area contributed by atoms with Gasteiger partial charge in [-0.15, -0.1) is 11.3 Å². The quantitative estimate of drug-likeness (QED) is 0.469. The molecular weight excluding hydrogens is 422 g/mol. The van der Waals surface area contributed by atoms with Gasteiger partial charge in [-0.25, -0.2) is 9.67 Å². The minimum atomic E-state index is -0.230. The molecule has 2 aromatic carbocycles. The molecule has 2 amide bonds. The zero-order valence-electron chi connectivity index (χ0n) is 17.2. The maximum atomic E-state index is 12.8. The fraction of sp³-hybridized carbons (Fsp3) is 0.0833. The van der Waals surface area contributed by atoms with Gasteiger partial charge >= 0.3 is 0 Å². The lowest BCUT2D eigenvalue weighted by molar-refractivity contribution is -0.115. The van der Waals surface area contributed by atoms with Gasteiger partial charge in [0.2, 0.25) is 5.91 Å². The van der Waals surface area contributed by atoms with Crippen LogP contribution in [0.15, 0.2) is 76.5 Å². The van der Waals surface area contributed by atoms with E-state index in [1.54, 1.807) is 10.9 Å². The molecule has 32 heavy (non-hydrogen) atoms. The van der Waals surface area contributed by atoms with Crippen molar-refractivity contribution >= 4 is 45.9 Å². The Balaban J connectivity index is 1.34. The molecule has 0 saturated carbocycles. The van der Waals surface area contributed by atoms with Crippen molar-refractivity contribution in [3.8, 4) is 5.69 Å². The van der Waals surface area contributed by atoms with E-state index < -0.39 is 0 Å². The Morgan fingerprint density at radius 3 is 2.66 bits per heavy atom. The lowest BCUT2D eigenvalue weighted by atomic mass is 10.1. The molecule has 0 spiro atoms. The van der Waals surface area contributed by atoms with Crippen molar-refractivity contribution in [1.29, 1.82) is 0 Å². The molecule has 0 atom stereocenters. The molecule has 2 N–H and O–H groups in total. The van der Waals surface area contributed by atoms with Gasteiger partial charge in [0.1, 0.15) is 0 Å². The Morgan fingerprint density at radius 2 is 1.88 bits per heavy atom. The number of thiophene rings is 1. The highest BCUT2D eigenvalue weighted by atomic mass is 32.1. The van der Waals surface area contributed by atoms with Gasteiger partial charge in [0.05, 0.1) is 46.6 Å². The second-order valence-corrected chi connectivity index (χ2v) is 8.12. The molecule has 4 aromatic rings. The van der Waals surface area contributed by atoms with E-state index in [4.69, 9.17) is 0 Å². The van der Waals surface area contributed by atoms with Gasteiger partial charge in [-0.2, -0.15) is 5.10 Å². The molecule has 1 aliphatic rings. The van der Waals surface area contributed by atoms with Gasteiger partial charge in [0, 0.05) is 16.4 Å². The third-order valence-electron chi connectivity index (χ3n) is 5.23. The van der Waals surface area contributed by atoms with Crippen LogP contribution in [0.1, 0.15) is 28.0 Å². The first-order valence-electron chi connectivity index (χ1n) is 10.0. The highest BCUT2D eigenvalue weighted by molar-refractivity contribution is 7.09. The Kier molecular flexibility index (Phi) is 5.12. The van der Waals surface area contributed by atoms with Crippen LogP contribution in [0.2, 0.25) is 0 Å². The average molecular weight is 442 g/mol. The molecule has 0 unspecified atom stereocenters. The highest BCUT2D eigenvalue weighted by Gasteiger charge is 2.18. The van der Waals surface area contributed by atoms with Crippen LogP contribution in [0.3, 0.4) is 0 Å². The standard InChI is InChI=1S/C24H19N5O2S/c1-15-19(12-25-29(15)18-5-3-2-4-6-18)24(31)26-17-9-7-16(8-10-17)20-11-23(30)28-22-14-32-13-21(22)27-20/h2-10,12-14H,11H2,1H3,(H,26,31)(H,28,30). The summed E-state index contributed by atoms with van der Waals surface area (Å²) in [5.41, 5.74) is 5.85. The van der Waals surface area contributed by atoms with Crippen LogP contribution >= 0.6 is 11.3 Å². The van der Waals surface area contributed by atoms with Crippen LogP contribution in [-0.2, 0) is 4.79 Å². The second kappa shape index (κ2) is 8.24. The average Bonchev–Trinajstić information content (AvgIpc) is 3.36. The number of hydrogen-bond donors (Lipinski definition) is 2. The summed E-state index contributed by atoms with van der Waals surface area (Å²) in [6, 6.07) is 17.0. The van der Waals surface area contributed by atoms with Crippen molar-refractivity contribution in [3.05, 3.63) is 88.4 Å². The summed E-state index contributed by atoms with van der Waals surface area (Å²) in [5.74, 6) is -0.323. The molecule has 158 valence electrons. The summed E-state index contributed by atoms with van der Waals surface area (Å²) in [6.07, 6.45) is 1.77. The molecule has 0 aliphatic carbocycles. The van der Waals surface area contributed by atoms with Crippen molar-refractivity contribution in [1.82, 2.24) is 9.78 Å². The molecule has 0 saturated heterocycles. The Hall–Kier alpha value is -4.04.